The summed E-state index contributed by atoms with van der Waals surface area (Å²) in [6.45, 7) is 7.05. The first-order chi connectivity index (χ1) is 7.83. The largest absolute Gasteiger partial charge is 0.317 e. The molecule has 0 saturated heterocycles. The maximum absolute atomic E-state index is 3.47. The van der Waals surface area contributed by atoms with Gasteiger partial charge < -0.3 is 5.32 Å². The maximum Gasteiger partial charge on any atom is 0.00495 e. The molecule has 2 unspecified atom stereocenters. The lowest BCUT2D eigenvalue weighted by atomic mass is 9.91. The predicted octanol–water partition coefficient (Wildman–Crippen LogP) is 4.08. The van der Waals surface area contributed by atoms with Crippen molar-refractivity contribution in [3.05, 3.63) is 0 Å². The number of hydrogen-bond acceptors (Lipinski definition) is 2. The number of rotatable bonds is 8. The van der Waals surface area contributed by atoms with E-state index in [4.69, 9.17) is 0 Å². The summed E-state index contributed by atoms with van der Waals surface area (Å²) in [7, 11) is 0. The van der Waals surface area contributed by atoms with Gasteiger partial charge in [0.25, 0.3) is 0 Å². The molecule has 1 N–H and O–H groups in total. The quantitative estimate of drug-likeness (QED) is 0.645. The smallest absolute Gasteiger partial charge is 0.00495 e. The standard InChI is InChI=1S/C14H29NS/c1-3-9-15-10-4-5-11-16-14-8-6-7-13(2)12-14/h13-15H,3-12H2,1-2H3. The molecule has 2 heteroatoms. The fraction of sp³-hybridized carbons (Fsp3) is 1.00. The molecule has 1 nitrogen and oxygen atoms in total. The summed E-state index contributed by atoms with van der Waals surface area (Å²) in [4.78, 5) is 0. The van der Waals surface area contributed by atoms with Gasteiger partial charge in [0.2, 0.25) is 0 Å². The van der Waals surface area contributed by atoms with Crippen molar-refractivity contribution in [2.45, 2.75) is 64.0 Å². The molecule has 0 spiro atoms. The monoisotopic (exact) mass is 243 g/mol. The van der Waals surface area contributed by atoms with E-state index < -0.39 is 0 Å². The van der Waals surface area contributed by atoms with Gasteiger partial charge in [-0.25, -0.2) is 0 Å². The molecule has 96 valence electrons. The van der Waals surface area contributed by atoms with E-state index in [0.29, 0.717) is 0 Å². The molecule has 0 amide bonds. The highest BCUT2D eigenvalue weighted by Gasteiger charge is 2.18. The molecule has 16 heavy (non-hydrogen) atoms. The zero-order chi connectivity index (χ0) is 11.6. The van der Waals surface area contributed by atoms with Gasteiger partial charge in [-0.2, -0.15) is 11.8 Å². The third kappa shape index (κ3) is 6.80. The van der Waals surface area contributed by atoms with Crippen LogP contribution in [0.4, 0.5) is 0 Å². The number of hydrogen-bond donors (Lipinski definition) is 1. The van der Waals surface area contributed by atoms with Crippen LogP contribution in [0.15, 0.2) is 0 Å². The molecule has 1 aliphatic carbocycles. The van der Waals surface area contributed by atoms with E-state index in [1.54, 1.807) is 0 Å². The summed E-state index contributed by atoms with van der Waals surface area (Å²) in [5, 5.41) is 4.45. The molecule has 1 saturated carbocycles. The van der Waals surface area contributed by atoms with Crippen LogP contribution < -0.4 is 5.32 Å². The summed E-state index contributed by atoms with van der Waals surface area (Å²) in [6, 6.07) is 0. The summed E-state index contributed by atoms with van der Waals surface area (Å²) in [6.07, 6.45) is 9.90. The second kappa shape index (κ2) is 9.35. The Morgan fingerprint density at radius 1 is 1.19 bits per heavy atom. The molecule has 0 heterocycles. The van der Waals surface area contributed by atoms with E-state index in [2.05, 4.69) is 30.9 Å². The van der Waals surface area contributed by atoms with Gasteiger partial charge in [-0.05, 0) is 56.9 Å². The Hall–Kier alpha value is 0.310. The molecular formula is C14H29NS. The van der Waals surface area contributed by atoms with Crippen molar-refractivity contribution in [1.82, 2.24) is 5.32 Å². The highest BCUT2D eigenvalue weighted by Crippen LogP contribution is 2.32. The van der Waals surface area contributed by atoms with Crippen molar-refractivity contribution in [3.63, 3.8) is 0 Å². The van der Waals surface area contributed by atoms with Gasteiger partial charge in [0, 0.05) is 5.25 Å². The van der Waals surface area contributed by atoms with E-state index in [-0.39, 0.29) is 0 Å². The molecule has 2 atom stereocenters. The van der Waals surface area contributed by atoms with Crippen molar-refractivity contribution >= 4 is 11.8 Å². The van der Waals surface area contributed by atoms with E-state index in [1.807, 2.05) is 0 Å². The first-order valence-electron chi connectivity index (χ1n) is 7.15. The van der Waals surface area contributed by atoms with Crippen molar-refractivity contribution in [3.8, 4) is 0 Å². The Morgan fingerprint density at radius 2 is 2.06 bits per heavy atom. The van der Waals surface area contributed by atoms with E-state index in [9.17, 15) is 0 Å². The molecule has 0 aromatic carbocycles. The van der Waals surface area contributed by atoms with Crippen LogP contribution >= 0.6 is 11.8 Å². The minimum Gasteiger partial charge on any atom is -0.317 e. The lowest BCUT2D eigenvalue weighted by molar-refractivity contribution is 0.394. The minimum atomic E-state index is 0.979. The van der Waals surface area contributed by atoms with E-state index in [1.165, 1.54) is 63.8 Å². The van der Waals surface area contributed by atoms with Crippen LogP contribution in [0.3, 0.4) is 0 Å². The number of thioether (sulfide) groups is 1. The molecule has 1 fully saturated rings. The Morgan fingerprint density at radius 3 is 2.81 bits per heavy atom. The summed E-state index contributed by atoms with van der Waals surface area (Å²) >= 11 is 2.24. The van der Waals surface area contributed by atoms with Crippen LogP contribution in [0.25, 0.3) is 0 Å². The molecule has 0 aromatic heterocycles. The van der Waals surface area contributed by atoms with Gasteiger partial charge in [-0.15, -0.1) is 0 Å². The summed E-state index contributed by atoms with van der Waals surface area (Å²) in [5.41, 5.74) is 0. The van der Waals surface area contributed by atoms with Crippen molar-refractivity contribution in [1.29, 1.82) is 0 Å². The minimum absolute atomic E-state index is 0.979. The normalized spacial score (nSPS) is 25.9. The molecule has 0 aromatic rings. The Bertz CT molecular complexity index is 161. The Kier molecular flexibility index (Phi) is 8.40. The van der Waals surface area contributed by atoms with Gasteiger partial charge >= 0.3 is 0 Å². The van der Waals surface area contributed by atoms with Crippen molar-refractivity contribution < 1.29 is 0 Å². The zero-order valence-corrected chi connectivity index (χ0v) is 12.0. The fourth-order valence-corrected chi connectivity index (χ4v) is 3.94. The second-order valence-corrected chi connectivity index (χ2v) is 6.63. The van der Waals surface area contributed by atoms with E-state index >= 15 is 0 Å². The van der Waals surface area contributed by atoms with Crippen LogP contribution in [0, 0.1) is 5.92 Å². The first-order valence-corrected chi connectivity index (χ1v) is 8.20. The molecule has 0 bridgehead atoms. The fourth-order valence-electron chi connectivity index (χ4n) is 2.43. The topological polar surface area (TPSA) is 12.0 Å². The summed E-state index contributed by atoms with van der Waals surface area (Å²) < 4.78 is 0. The van der Waals surface area contributed by atoms with Gasteiger partial charge in [0.1, 0.15) is 0 Å². The third-order valence-electron chi connectivity index (χ3n) is 3.42. The lowest BCUT2D eigenvalue weighted by Crippen LogP contribution is -2.17. The average molecular weight is 243 g/mol. The average Bonchev–Trinajstić information content (AvgIpc) is 2.28. The Balaban J connectivity index is 1.86. The van der Waals surface area contributed by atoms with Gasteiger partial charge in [0.05, 0.1) is 0 Å². The van der Waals surface area contributed by atoms with Crippen molar-refractivity contribution in [2.24, 2.45) is 5.92 Å². The van der Waals surface area contributed by atoms with Crippen LogP contribution in [0.1, 0.15) is 58.8 Å². The van der Waals surface area contributed by atoms with Crippen LogP contribution in [-0.4, -0.2) is 24.1 Å². The van der Waals surface area contributed by atoms with E-state index in [0.717, 1.165) is 11.2 Å². The summed E-state index contributed by atoms with van der Waals surface area (Å²) in [5.74, 6) is 2.36. The first kappa shape index (κ1) is 14.4. The molecule has 0 aliphatic heterocycles. The van der Waals surface area contributed by atoms with Gasteiger partial charge in [-0.3, -0.25) is 0 Å². The predicted molar refractivity (Wildman–Crippen MR) is 76.3 cm³/mol. The number of unbranched alkanes of at least 4 members (excludes halogenated alkanes) is 1. The second-order valence-electron chi connectivity index (χ2n) is 5.22. The third-order valence-corrected chi connectivity index (χ3v) is 4.84. The van der Waals surface area contributed by atoms with Gasteiger partial charge in [-0.1, -0.05) is 26.7 Å². The van der Waals surface area contributed by atoms with Crippen LogP contribution in [-0.2, 0) is 0 Å². The van der Waals surface area contributed by atoms with Crippen molar-refractivity contribution in [2.75, 3.05) is 18.8 Å². The molecule has 1 aliphatic rings. The maximum atomic E-state index is 3.47. The molecular weight excluding hydrogens is 214 g/mol. The highest BCUT2D eigenvalue weighted by atomic mass is 32.2. The van der Waals surface area contributed by atoms with Crippen LogP contribution in [0.2, 0.25) is 0 Å². The van der Waals surface area contributed by atoms with Gasteiger partial charge in [0.15, 0.2) is 0 Å². The molecule has 1 rings (SSSR count). The Labute approximate surface area is 106 Å². The lowest BCUT2D eigenvalue weighted by Gasteiger charge is -2.26. The number of nitrogens with one attached hydrogen (secondary N) is 1. The van der Waals surface area contributed by atoms with Crippen LogP contribution in [0.5, 0.6) is 0 Å². The SMILES string of the molecule is CCCNCCCCSC1CCCC(C)C1. The highest BCUT2D eigenvalue weighted by molar-refractivity contribution is 7.99. The zero-order valence-electron chi connectivity index (χ0n) is 11.1. The molecule has 0 radical (unpaired) electrons.